The third-order valence-electron chi connectivity index (χ3n) is 6.08. The summed E-state index contributed by atoms with van der Waals surface area (Å²) in [5, 5.41) is 0. The molecule has 3 heterocycles. The summed E-state index contributed by atoms with van der Waals surface area (Å²) in [5.41, 5.74) is 3.52. The number of pyridine rings is 1. The summed E-state index contributed by atoms with van der Waals surface area (Å²) in [4.78, 5) is 0. The highest BCUT2D eigenvalue weighted by atomic mass is 35.7. The second-order valence-corrected chi connectivity index (χ2v) is 8.72. The minimum atomic E-state index is -4.94. The Kier molecular flexibility index (Phi) is 6.65. The molecule has 0 radical (unpaired) electrons. The largest absolute Gasteiger partial charge is 0.491 e. The molecule has 1 aliphatic carbocycles. The van der Waals surface area contributed by atoms with Gasteiger partial charge in [-0.2, -0.15) is 4.57 Å². The van der Waals surface area contributed by atoms with Crippen molar-refractivity contribution in [2.45, 2.75) is 45.4 Å². The summed E-state index contributed by atoms with van der Waals surface area (Å²) >= 11 is 0. The number of nitrogens with zero attached hydrogens (tertiary/aromatic N) is 1. The highest BCUT2D eigenvalue weighted by Gasteiger charge is 2.71. The predicted molar refractivity (Wildman–Crippen MR) is 99.4 cm³/mol. The van der Waals surface area contributed by atoms with Gasteiger partial charge in [-0.3, -0.25) is 0 Å². The first-order valence-electron chi connectivity index (χ1n) is 10.1. The average molecular weight is 454 g/mol. The van der Waals surface area contributed by atoms with E-state index >= 15 is 0 Å². The van der Waals surface area contributed by atoms with Gasteiger partial charge in [-0.25, -0.2) is 18.6 Å². The van der Waals surface area contributed by atoms with Crippen molar-refractivity contribution in [3.63, 3.8) is 0 Å². The summed E-state index contributed by atoms with van der Waals surface area (Å²) < 4.78 is 55.1. The fourth-order valence-electron chi connectivity index (χ4n) is 5.22. The fraction of sp³-hybridized carbons (Fsp3) is 0.500. The number of hydrogen-bond donors (Lipinski definition) is 0. The fourth-order valence-corrected chi connectivity index (χ4v) is 5.22. The second-order valence-electron chi connectivity index (χ2n) is 7.97. The number of methoxy groups -OCH3 is 1. The van der Waals surface area contributed by atoms with Crippen LogP contribution in [0, 0.1) is 15.7 Å². The molecule has 9 heteroatoms. The Hall–Kier alpha value is -1.78. The molecule has 1 aromatic carbocycles. The van der Waals surface area contributed by atoms with Gasteiger partial charge in [-0.1, -0.05) is 24.3 Å². The number of benzene rings is 1. The zero-order chi connectivity index (χ0) is 23.0. The van der Waals surface area contributed by atoms with Crippen LogP contribution in [0.4, 0.5) is 0 Å². The van der Waals surface area contributed by atoms with Gasteiger partial charge in [-0.15, -0.1) is 10.2 Å². The van der Waals surface area contributed by atoms with Gasteiger partial charge in [0.25, 0.3) is 0 Å². The Morgan fingerprint density at radius 2 is 1.48 bits per heavy atom. The van der Waals surface area contributed by atoms with Crippen molar-refractivity contribution in [1.29, 1.82) is 0 Å². The Morgan fingerprint density at radius 3 is 2.00 bits per heavy atom. The van der Waals surface area contributed by atoms with Gasteiger partial charge in [0.15, 0.2) is 23.8 Å². The Balaban J connectivity index is 0.000000491. The number of halogens is 1. The molecule has 0 fully saturated rings. The van der Waals surface area contributed by atoms with Gasteiger partial charge in [0.2, 0.25) is 5.69 Å². The van der Waals surface area contributed by atoms with Gasteiger partial charge in [-0.05, 0) is 39.3 Å². The predicted octanol–water partition coefficient (Wildman–Crippen LogP) is -0.929. The van der Waals surface area contributed by atoms with Gasteiger partial charge in [0.1, 0.15) is 5.92 Å². The molecule has 8 nitrogen and oxygen atoms in total. The molecule has 2 bridgehead atoms. The van der Waals surface area contributed by atoms with E-state index in [0.29, 0.717) is 13.2 Å². The average Bonchev–Trinajstić information content (AvgIpc) is 2.69. The van der Waals surface area contributed by atoms with Crippen molar-refractivity contribution >= 4 is 0 Å². The minimum absolute atomic E-state index is 0.0465. The van der Waals surface area contributed by atoms with Crippen LogP contribution in [0.2, 0.25) is 0 Å². The first-order valence-corrected chi connectivity index (χ1v) is 11.3. The summed E-state index contributed by atoms with van der Waals surface area (Å²) in [6.45, 7) is 9.82. The van der Waals surface area contributed by atoms with E-state index in [4.69, 9.17) is 32.8 Å². The van der Waals surface area contributed by atoms with Crippen LogP contribution < -0.4 is 27.9 Å². The lowest BCUT2D eigenvalue weighted by Gasteiger charge is -2.57. The van der Waals surface area contributed by atoms with Crippen LogP contribution in [0.3, 0.4) is 0 Å². The summed E-state index contributed by atoms with van der Waals surface area (Å²) in [7, 11) is -3.21. The van der Waals surface area contributed by atoms with E-state index in [0.717, 1.165) is 11.4 Å². The lowest BCUT2D eigenvalue weighted by molar-refractivity contribution is -2.00. The maximum absolute atomic E-state index is 8.49. The van der Waals surface area contributed by atoms with Crippen molar-refractivity contribution in [3.05, 3.63) is 59.4 Å². The molecule has 170 valence electrons. The molecule has 0 saturated carbocycles. The maximum atomic E-state index is 8.49. The van der Waals surface area contributed by atoms with Crippen LogP contribution in [0.5, 0.6) is 5.75 Å². The molecule has 0 spiro atoms. The normalized spacial score (nSPS) is 22.1. The highest BCUT2D eigenvalue weighted by molar-refractivity contribution is 5.49. The number of rotatable bonds is 5. The smallest absolute Gasteiger partial charge is 0.237 e. The van der Waals surface area contributed by atoms with Crippen LogP contribution in [-0.2, 0) is 9.47 Å². The summed E-state index contributed by atoms with van der Waals surface area (Å²) in [5.74, 6) is 0.107. The number of hydrogen-bond acceptors (Lipinski definition) is 7. The molecule has 31 heavy (non-hydrogen) atoms. The Morgan fingerprint density at radius 1 is 0.935 bits per heavy atom. The lowest BCUT2D eigenvalue weighted by Crippen LogP contribution is -2.71. The van der Waals surface area contributed by atoms with Crippen LogP contribution in [0.25, 0.3) is 0 Å². The van der Waals surface area contributed by atoms with Gasteiger partial charge in [0, 0.05) is 24.8 Å². The summed E-state index contributed by atoms with van der Waals surface area (Å²) in [6, 6.07) is 12.9. The quantitative estimate of drug-likeness (QED) is 0.423. The molecule has 1 aromatic heterocycles. The molecule has 0 N–H and O–H groups in total. The first kappa shape index (κ1) is 23.9. The van der Waals surface area contributed by atoms with Crippen LogP contribution in [0.1, 0.15) is 56.5 Å². The van der Waals surface area contributed by atoms with Crippen molar-refractivity contribution in [2.24, 2.45) is 5.41 Å². The van der Waals surface area contributed by atoms with E-state index in [1.165, 1.54) is 11.1 Å². The van der Waals surface area contributed by atoms with Crippen LogP contribution in [-0.4, -0.2) is 26.1 Å². The van der Waals surface area contributed by atoms with E-state index in [2.05, 4.69) is 54.9 Å². The first-order chi connectivity index (χ1) is 14.5. The van der Waals surface area contributed by atoms with E-state index in [1.54, 1.807) is 7.11 Å². The van der Waals surface area contributed by atoms with Crippen molar-refractivity contribution in [1.82, 2.24) is 0 Å². The third-order valence-corrected chi connectivity index (χ3v) is 6.08. The lowest BCUT2D eigenvalue weighted by atomic mass is 9.57. The van der Waals surface area contributed by atoms with Crippen molar-refractivity contribution in [2.75, 3.05) is 20.3 Å². The third kappa shape index (κ3) is 3.93. The zero-order valence-electron chi connectivity index (χ0n) is 18.3. The SMILES string of the molecule is CCOC1(OCC)C2c3ccccc3C([n+]3cccc(OC)c32)C1(C)C.[O-][Cl+3]([O-])([O-])[O-]. The molecule has 2 atom stereocenters. The molecular formula is C22H28ClNO7. The Bertz CT molecular complexity index is 916. The second kappa shape index (κ2) is 8.63. The van der Waals surface area contributed by atoms with Crippen LogP contribution >= 0.6 is 0 Å². The number of aromatic nitrogens is 1. The number of ether oxygens (including phenoxy) is 3. The number of fused-ring (bicyclic) bond motifs is 1. The van der Waals surface area contributed by atoms with E-state index in [-0.39, 0.29) is 17.4 Å². The standard InChI is InChI=1S/C22H28NO3.ClHO4/c1-6-25-22(26-7-2)18-15-11-8-9-12-16(15)20(21(22,3)4)23-14-10-13-17(24-5)19(18)23;2-1(3,4)5/h8-14,18,20H,6-7H2,1-5H3;(H,2,3,4,5)/q+1;/p-1. The van der Waals surface area contributed by atoms with Crippen molar-refractivity contribution < 1.29 is 47.7 Å². The van der Waals surface area contributed by atoms with Crippen LogP contribution in [0.15, 0.2) is 42.6 Å². The molecule has 3 aliphatic rings. The Labute approximate surface area is 184 Å². The maximum Gasteiger partial charge on any atom is 0.237 e. The molecular weight excluding hydrogens is 426 g/mol. The molecule has 2 aromatic rings. The highest BCUT2D eigenvalue weighted by Crippen LogP contribution is 2.62. The van der Waals surface area contributed by atoms with Crippen molar-refractivity contribution in [3.8, 4) is 5.75 Å². The van der Waals surface area contributed by atoms with E-state index < -0.39 is 16.0 Å². The summed E-state index contributed by atoms with van der Waals surface area (Å²) in [6.07, 6.45) is 2.16. The topological polar surface area (TPSA) is 124 Å². The molecule has 2 aliphatic heterocycles. The molecule has 5 rings (SSSR count). The minimum Gasteiger partial charge on any atom is -0.491 e. The van der Waals surface area contributed by atoms with E-state index in [9.17, 15) is 0 Å². The van der Waals surface area contributed by atoms with E-state index in [1.807, 2.05) is 19.9 Å². The zero-order valence-corrected chi connectivity index (χ0v) is 19.0. The molecule has 0 amide bonds. The van der Waals surface area contributed by atoms with Gasteiger partial charge in [0.05, 0.1) is 12.5 Å². The molecule has 0 saturated heterocycles. The molecule has 2 unspecified atom stereocenters. The van der Waals surface area contributed by atoms with Gasteiger partial charge >= 0.3 is 0 Å². The van der Waals surface area contributed by atoms with Gasteiger partial charge < -0.3 is 14.2 Å². The monoisotopic (exact) mass is 453 g/mol.